The Balaban J connectivity index is 2.17. The molecule has 0 unspecified atom stereocenters. The Bertz CT molecular complexity index is 540. The number of carbonyl (C=O) groups is 1. The number of nitrogens with zero attached hydrogens (tertiary/aromatic N) is 2. The molecule has 0 amide bonds. The summed E-state index contributed by atoms with van der Waals surface area (Å²) in [6.07, 6.45) is 4.74. The maximum atomic E-state index is 11.9. The molecule has 5 heteroatoms. The van der Waals surface area contributed by atoms with Gasteiger partial charge in [-0.1, -0.05) is 11.6 Å². The molecule has 0 fully saturated rings. The molecule has 3 nitrogen and oxygen atoms in total. The minimum atomic E-state index is -0.0280. The van der Waals surface area contributed by atoms with Crippen molar-refractivity contribution in [2.24, 2.45) is 0 Å². The summed E-state index contributed by atoms with van der Waals surface area (Å²) in [7, 11) is 0. The molecule has 86 valence electrons. The molecule has 0 aliphatic carbocycles. The van der Waals surface area contributed by atoms with Crippen molar-refractivity contribution in [2.75, 3.05) is 0 Å². The second-order valence-electron chi connectivity index (χ2n) is 3.46. The van der Waals surface area contributed by atoms with E-state index >= 15 is 0 Å². The first-order valence-electron chi connectivity index (χ1n) is 4.94. The summed E-state index contributed by atoms with van der Waals surface area (Å²) in [6.45, 7) is 0.184. The number of aromatic nitrogens is 2. The van der Waals surface area contributed by atoms with E-state index in [0.717, 1.165) is 0 Å². The zero-order chi connectivity index (χ0) is 12.3. The van der Waals surface area contributed by atoms with Crippen LogP contribution in [0.15, 0.2) is 42.9 Å². The van der Waals surface area contributed by atoms with Crippen molar-refractivity contribution in [3.05, 3.63) is 58.6 Å². The van der Waals surface area contributed by atoms with Crippen LogP contribution >= 0.6 is 23.2 Å². The number of rotatable bonds is 3. The lowest BCUT2D eigenvalue weighted by molar-refractivity contribution is -0.681. The Morgan fingerprint density at radius 3 is 2.59 bits per heavy atom. The lowest BCUT2D eigenvalue weighted by Gasteiger charge is -1.99. The van der Waals surface area contributed by atoms with E-state index < -0.39 is 0 Å². The summed E-state index contributed by atoms with van der Waals surface area (Å²) in [6, 6.07) is 6.77. The summed E-state index contributed by atoms with van der Waals surface area (Å²) in [5.41, 5.74) is 0.606. The van der Waals surface area contributed by atoms with Gasteiger partial charge >= 0.3 is 0 Å². The van der Waals surface area contributed by atoms with Crippen molar-refractivity contribution < 1.29 is 9.36 Å². The fraction of sp³-hybridized carbons (Fsp3) is 0.0833. The van der Waals surface area contributed by atoms with Gasteiger partial charge in [0.1, 0.15) is 6.20 Å². The smallest absolute Gasteiger partial charge is 0.287 e. The first-order valence-corrected chi connectivity index (χ1v) is 5.70. The van der Waals surface area contributed by atoms with Gasteiger partial charge in [-0.3, -0.25) is 9.78 Å². The maximum absolute atomic E-state index is 11.9. The number of benzene rings is 1. The summed E-state index contributed by atoms with van der Waals surface area (Å²) < 4.78 is 1.63. The fourth-order valence-corrected chi connectivity index (χ4v) is 1.68. The summed E-state index contributed by atoms with van der Waals surface area (Å²) in [4.78, 5) is 15.8. The number of carbonyl (C=O) groups excluding carboxylic acids is 1. The minimum Gasteiger partial charge on any atom is -0.287 e. The molecule has 0 N–H and O–H groups in total. The maximum Gasteiger partial charge on any atom is 0.293 e. The molecule has 1 aromatic carbocycles. The van der Waals surface area contributed by atoms with E-state index in [-0.39, 0.29) is 12.3 Å². The highest BCUT2D eigenvalue weighted by atomic mass is 35.5. The van der Waals surface area contributed by atoms with Crippen molar-refractivity contribution in [1.29, 1.82) is 0 Å². The van der Waals surface area contributed by atoms with E-state index in [0.29, 0.717) is 15.7 Å². The van der Waals surface area contributed by atoms with Gasteiger partial charge in [0.2, 0.25) is 12.3 Å². The predicted molar refractivity (Wildman–Crippen MR) is 65.2 cm³/mol. The standard InChI is InChI=1S/C12H9Cl2N2O/c13-10-3-1-9(2-4-10)11(17)8-16-6-5-15-7-12(16)14/h1-7H,8H2/q+1. The van der Waals surface area contributed by atoms with Crippen LogP contribution in [0.4, 0.5) is 0 Å². The van der Waals surface area contributed by atoms with Gasteiger partial charge < -0.3 is 0 Å². The molecule has 0 saturated carbocycles. The van der Waals surface area contributed by atoms with E-state index in [9.17, 15) is 4.79 Å². The molecule has 1 heterocycles. The highest BCUT2D eigenvalue weighted by molar-refractivity contribution is 6.30. The molecule has 1 aromatic heterocycles. The van der Waals surface area contributed by atoms with Gasteiger partial charge in [-0.15, -0.1) is 0 Å². The Hall–Kier alpha value is -1.45. The third-order valence-corrected chi connectivity index (χ3v) is 2.83. The second-order valence-corrected chi connectivity index (χ2v) is 4.28. The third-order valence-electron chi connectivity index (χ3n) is 2.27. The van der Waals surface area contributed by atoms with Crippen LogP contribution in [0.2, 0.25) is 10.2 Å². The lowest BCUT2D eigenvalue weighted by Crippen LogP contribution is -2.38. The Labute approximate surface area is 109 Å². The highest BCUT2D eigenvalue weighted by Gasteiger charge is 2.14. The van der Waals surface area contributed by atoms with E-state index in [2.05, 4.69) is 4.98 Å². The van der Waals surface area contributed by atoms with E-state index in [4.69, 9.17) is 23.2 Å². The molecule has 2 rings (SSSR count). The lowest BCUT2D eigenvalue weighted by atomic mass is 10.1. The monoisotopic (exact) mass is 267 g/mol. The zero-order valence-corrected chi connectivity index (χ0v) is 10.3. The minimum absolute atomic E-state index is 0.0280. The molecule has 0 aliphatic heterocycles. The van der Waals surface area contributed by atoms with Crippen molar-refractivity contribution >= 4 is 29.0 Å². The van der Waals surface area contributed by atoms with Crippen LogP contribution in [0.25, 0.3) is 0 Å². The van der Waals surface area contributed by atoms with Crippen LogP contribution in [0.1, 0.15) is 10.4 Å². The van der Waals surface area contributed by atoms with Crippen molar-refractivity contribution in [1.82, 2.24) is 4.98 Å². The first-order chi connectivity index (χ1) is 8.16. The largest absolute Gasteiger partial charge is 0.293 e. The number of hydrogen-bond donors (Lipinski definition) is 0. The van der Waals surface area contributed by atoms with E-state index in [1.165, 1.54) is 6.20 Å². The topological polar surface area (TPSA) is 33.8 Å². The molecule has 0 aliphatic rings. The van der Waals surface area contributed by atoms with Crippen molar-refractivity contribution in [3.63, 3.8) is 0 Å². The molecule has 0 atom stereocenters. The summed E-state index contributed by atoms with van der Waals surface area (Å²) in [5.74, 6) is -0.0280. The second kappa shape index (κ2) is 5.25. The van der Waals surface area contributed by atoms with Crippen LogP contribution < -0.4 is 4.57 Å². The molecular weight excluding hydrogens is 259 g/mol. The van der Waals surface area contributed by atoms with Gasteiger partial charge in [-0.05, 0) is 35.9 Å². The predicted octanol–water partition coefficient (Wildman–Crippen LogP) is 2.56. The van der Waals surface area contributed by atoms with Crippen molar-refractivity contribution in [2.45, 2.75) is 6.54 Å². The zero-order valence-electron chi connectivity index (χ0n) is 8.81. The average Bonchev–Trinajstić information content (AvgIpc) is 2.33. The van der Waals surface area contributed by atoms with Gasteiger partial charge in [-0.25, -0.2) is 0 Å². The molecule has 0 saturated heterocycles. The average molecular weight is 268 g/mol. The quantitative estimate of drug-likeness (QED) is 0.633. The number of Topliss-reactive ketones (excluding diaryl/α,β-unsaturated/α-hetero) is 1. The third kappa shape index (κ3) is 3.02. The number of halogens is 2. The number of ketones is 1. The first kappa shape index (κ1) is 12.0. The van der Waals surface area contributed by atoms with Crippen molar-refractivity contribution in [3.8, 4) is 0 Å². The van der Waals surface area contributed by atoms with Gasteiger partial charge in [0.05, 0.1) is 6.20 Å². The Morgan fingerprint density at radius 1 is 1.24 bits per heavy atom. The van der Waals surface area contributed by atoms with Gasteiger partial charge in [0.25, 0.3) is 5.15 Å². The molecule has 0 spiro atoms. The van der Waals surface area contributed by atoms with Crippen LogP contribution in [0, 0.1) is 0 Å². The highest BCUT2D eigenvalue weighted by Crippen LogP contribution is 2.10. The molecule has 17 heavy (non-hydrogen) atoms. The SMILES string of the molecule is O=C(C[n+]1ccncc1Cl)c1ccc(Cl)cc1. The van der Waals surface area contributed by atoms with E-state index in [1.54, 1.807) is 41.2 Å². The van der Waals surface area contributed by atoms with Crippen LogP contribution in [-0.2, 0) is 6.54 Å². The summed E-state index contributed by atoms with van der Waals surface area (Å²) >= 11 is 11.7. The molecule has 2 aromatic rings. The van der Waals surface area contributed by atoms with Gasteiger partial charge in [0, 0.05) is 10.6 Å². The number of hydrogen-bond acceptors (Lipinski definition) is 2. The van der Waals surface area contributed by atoms with Crippen LogP contribution in [0.5, 0.6) is 0 Å². The normalized spacial score (nSPS) is 10.2. The Morgan fingerprint density at radius 2 is 1.94 bits per heavy atom. The van der Waals surface area contributed by atoms with Gasteiger partial charge in [0.15, 0.2) is 6.20 Å². The fourth-order valence-electron chi connectivity index (χ4n) is 1.38. The van der Waals surface area contributed by atoms with Crippen LogP contribution in [-0.4, -0.2) is 10.8 Å². The van der Waals surface area contributed by atoms with Crippen LogP contribution in [0.3, 0.4) is 0 Å². The molecule has 0 bridgehead atoms. The van der Waals surface area contributed by atoms with E-state index in [1.807, 2.05) is 0 Å². The molecular formula is C12H9Cl2N2O+. The molecule has 0 radical (unpaired) electrons. The summed E-state index contributed by atoms with van der Waals surface area (Å²) in [5, 5.41) is 1.03. The van der Waals surface area contributed by atoms with Gasteiger partial charge in [-0.2, -0.15) is 4.57 Å². The Kier molecular flexibility index (Phi) is 3.71.